The highest BCUT2D eigenvalue weighted by Crippen LogP contribution is 2.25. The predicted octanol–water partition coefficient (Wildman–Crippen LogP) is 3.20. The van der Waals surface area contributed by atoms with Gasteiger partial charge in [-0.2, -0.15) is 5.10 Å². The SMILES string of the molecule is Cc1nn(C(C)C)c(NCCCC(C)C)c1N. The second kappa shape index (κ2) is 5.94. The van der Waals surface area contributed by atoms with E-state index in [1.165, 1.54) is 12.8 Å². The number of aromatic nitrogens is 2. The van der Waals surface area contributed by atoms with Crippen LogP contribution < -0.4 is 11.1 Å². The Morgan fingerprint density at radius 3 is 2.47 bits per heavy atom. The summed E-state index contributed by atoms with van der Waals surface area (Å²) >= 11 is 0. The lowest BCUT2D eigenvalue weighted by Crippen LogP contribution is -2.12. The molecule has 4 nitrogen and oxygen atoms in total. The van der Waals surface area contributed by atoms with Gasteiger partial charge in [-0.25, -0.2) is 4.68 Å². The molecular weight excluding hydrogens is 212 g/mol. The van der Waals surface area contributed by atoms with E-state index in [1.807, 2.05) is 11.6 Å². The van der Waals surface area contributed by atoms with Gasteiger partial charge in [0, 0.05) is 12.6 Å². The van der Waals surface area contributed by atoms with Crippen LogP contribution in [0.3, 0.4) is 0 Å². The molecule has 0 aliphatic heterocycles. The zero-order chi connectivity index (χ0) is 13.0. The highest BCUT2D eigenvalue weighted by molar-refractivity contribution is 5.64. The molecule has 0 aromatic carbocycles. The number of rotatable bonds is 6. The minimum absolute atomic E-state index is 0.332. The van der Waals surface area contributed by atoms with E-state index in [0.29, 0.717) is 6.04 Å². The molecule has 0 amide bonds. The average Bonchev–Trinajstić information content (AvgIpc) is 2.51. The Bertz CT molecular complexity index is 353. The normalized spacial score (nSPS) is 11.5. The van der Waals surface area contributed by atoms with E-state index in [-0.39, 0.29) is 0 Å². The van der Waals surface area contributed by atoms with Crippen molar-refractivity contribution in [3.05, 3.63) is 5.69 Å². The van der Waals surface area contributed by atoms with E-state index in [0.717, 1.165) is 29.7 Å². The molecule has 1 heterocycles. The lowest BCUT2D eigenvalue weighted by atomic mass is 10.1. The van der Waals surface area contributed by atoms with Crippen LogP contribution >= 0.6 is 0 Å². The molecule has 0 saturated heterocycles. The quantitative estimate of drug-likeness (QED) is 0.748. The summed E-state index contributed by atoms with van der Waals surface area (Å²) in [5.74, 6) is 1.73. The fourth-order valence-electron chi connectivity index (χ4n) is 1.83. The van der Waals surface area contributed by atoms with Crippen molar-refractivity contribution in [2.75, 3.05) is 17.6 Å². The number of nitrogens with zero attached hydrogens (tertiary/aromatic N) is 2. The number of aryl methyl sites for hydroxylation is 1. The number of nitrogen functional groups attached to an aromatic ring is 1. The highest BCUT2D eigenvalue weighted by atomic mass is 15.4. The summed E-state index contributed by atoms with van der Waals surface area (Å²) in [5, 5.41) is 7.87. The number of nitrogens with two attached hydrogens (primary N) is 1. The summed E-state index contributed by atoms with van der Waals surface area (Å²) in [4.78, 5) is 0. The molecular formula is C13H26N4. The topological polar surface area (TPSA) is 55.9 Å². The maximum atomic E-state index is 6.04. The van der Waals surface area contributed by atoms with E-state index in [4.69, 9.17) is 5.73 Å². The van der Waals surface area contributed by atoms with Gasteiger partial charge >= 0.3 is 0 Å². The number of hydrogen-bond donors (Lipinski definition) is 2. The minimum Gasteiger partial charge on any atom is -0.394 e. The van der Waals surface area contributed by atoms with Gasteiger partial charge in [-0.05, 0) is 39.5 Å². The largest absolute Gasteiger partial charge is 0.394 e. The summed E-state index contributed by atoms with van der Waals surface area (Å²) in [6.45, 7) is 11.6. The van der Waals surface area contributed by atoms with Gasteiger partial charge in [-0.1, -0.05) is 13.8 Å². The van der Waals surface area contributed by atoms with Crippen molar-refractivity contribution in [2.24, 2.45) is 5.92 Å². The van der Waals surface area contributed by atoms with Gasteiger partial charge in [0.05, 0.1) is 11.4 Å². The summed E-state index contributed by atoms with van der Waals surface area (Å²) in [7, 11) is 0. The van der Waals surface area contributed by atoms with Crippen molar-refractivity contribution in [2.45, 2.75) is 53.5 Å². The van der Waals surface area contributed by atoms with Gasteiger partial charge in [0.2, 0.25) is 0 Å². The molecule has 0 aliphatic rings. The van der Waals surface area contributed by atoms with Gasteiger partial charge < -0.3 is 11.1 Å². The van der Waals surface area contributed by atoms with E-state index in [9.17, 15) is 0 Å². The molecule has 0 saturated carbocycles. The lowest BCUT2D eigenvalue weighted by molar-refractivity contribution is 0.530. The highest BCUT2D eigenvalue weighted by Gasteiger charge is 2.13. The molecule has 0 spiro atoms. The maximum Gasteiger partial charge on any atom is 0.148 e. The molecule has 0 radical (unpaired) electrons. The van der Waals surface area contributed by atoms with Gasteiger partial charge in [-0.3, -0.25) is 0 Å². The molecule has 1 aromatic rings. The standard InChI is InChI=1S/C13H26N4/c1-9(2)7-6-8-15-13-12(14)11(5)16-17(13)10(3)4/h9-10,15H,6-8,14H2,1-5H3. The van der Waals surface area contributed by atoms with Crippen LogP contribution in [-0.4, -0.2) is 16.3 Å². The molecule has 17 heavy (non-hydrogen) atoms. The zero-order valence-electron chi connectivity index (χ0n) is 11.7. The van der Waals surface area contributed by atoms with Crippen LogP contribution in [0.2, 0.25) is 0 Å². The third-order valence-corrected chi connectivity index (χ3v) is 2.87. The van der Waals surface area contributed by atoms with Crippen molar-refractivity contribution in [3.63, 3.8) is 0 Å². The van der Waals surface area contributed by atoms with Crippen LogP contribution in [0.15, 0.2) is 0 Å². The van der Waals surface area contributed by atoms with Gasteiger partial charge in [-0.15, -0.1) is 0 Å². The molecule has 3 N–H and O–H groups in total. The van der Waals surface area contributed by atoms with E-state index in [2.05, 4.69) is 38.1 Å². The molecule has 1 aromatic heterocycles. The third-order valence-electron chi connectivity index (χ3n) is 2.87. The van der Waals surface area contributed by atoms with Crippen LogP contribution in [0.25, 0.3) is 0 Å². The molecule has 0 unspecified atom stereocenters. The summed E-state index contributed by atoms with van der Waals surface area (Å²) in [6.07, 6.45) is 2.40. The second-order valence-corrected chi connectivity index (χ2v) is 5.35. The number of hydrogen-bond acceptors (Lipinski definition) is 3. The van der Waals surface area contributed by atoms with E-state index >= 15 is 0 Å². The zero-order valence-corrected chi connectivity index (χ0v) is 11.7. The van der Waals surface area contributed by atoms with E-state index < -0.39 is 0 Å². The van der Waals surface area contributed by atoms with Crippen molar-refractivity contribution in [1.82, 2.24) is 9.78 Å². The first kappa shape index (κ1) is 13.9. The maximum absolute atomic E-state index is 6.04. The van der Waals surface area contributed by atoms with Crippen molar-refractivity contribution < 1.29 is 0 Å². The smallest absolute Gasteiger partial charge is 0.148 e. The van der Waals surface area contributed by atoms with Crippen molar-refractivity contribution in [1.29, 1.82) is 0 Å². The first-order chi connectivity index (χ1) is 7.93. The van der Waals surface area contributed by atoms with Gasteiger partial charge in [0.15, 0.2) is 0 Å². The second-order valence-electron chi connectivity index (χ2n) is 5.35. The molecule has 1 rings (SSSR count). The summed E-state index contributed by atoms with van der Waals surface area (Å²) < 4.78 is 1.97. The Kier molecular flexibility index (Phi) is 4.85. The number of anilines is 2. The minimum atomic E-state index is 0.332. The van der Waals surface area contributed by atoms with Crippen molar-refractivity contribution >= 4 is 11.5 Å². The Balaban J connectivity index is 2.63. The molecule has 0 atom stereocenters. The van der Waals surface area contributed by atoms with Crippen LogP contribution in [0.4, 0.5) is 11.5 Å². The molecule has 98 valence electrons. The Morgan fingerprint density at radius 2 is 1.94 bits per heavy atom. The third kappa shape index (κ3) is 3.65. The predicted molar refractivity (Wildman–Crippen MR) is 74.3 cm³/mol. The molecule has 0 aliphatic carbocycles. The number of nitrogens with one attached hydrogen (secondary N) is 1. The Hall–Kier alpha value is -1.19. The van der Waals surface area contributed by atoms with Gasteiger partial charge in [0.25, 0.3) is 0 Å². The first-order valence-electron chi connectivity index (χ1n) is 6.52. The van der Waals surface area contributed by atoms with Crippen LogP contribution in [0, 0.1) is 12.8 Å². The summed E-state index contributed by atoms with van der Waals surface area (Å²) in [5.41, 5.74) is 7.73. The van der Waals surface area contributed by atoms with Crippen molar-refractivity contribution in [3.8, 4) is 0 Å². The van der Waals surface area contributed by atoms with Crippen LogP contribution in [-0.2, 0) is 0 Å². The molecule has 0 bridgehead atoms. The van der Waals surface area contributed by atoms with E-state index in [1.54, 1.807) is 0 Å². The van der Waals surface area contributed by atoms with Crippen LogP contribution in [0.1, 0.15) is 52.3 Å². The molecule has 4 heteroatoms. The average molecular weight is 238 g/mol. The Morgan fingerprint density at radius 1 is 1.29 bits per heavy atom. The lowest BCUT2D eigenvalue weighted by Gasteiger charge is -2.13. The fraction of sp³-hybridized carbons (Fsp3) is 0.769. The molecule has 0 fully saturated rings. The fourth-order valence-corrected chi connectivity index (χ4v) is 1.83. The Labute approximate surface area is 105 Å². The van der Waals surface area contributed by atoms with Gasteiger partial charge in [0.1, 0.15) is 5.82 Å². The monoisotopic (exact) mass is 238 g/mol. The first-order valence-corrected chi connectivity index (χ1v) is 6.52. The summed E-state index contributed by atoms with van der Waals surface area (Å²) in [6, 6.07) is 0.332. The van der Waals surface area contributed by atoms with Crippen LogP contribution in [0.5, 0.6) is 0 Å².